The van der Waals surface area contributed by atoms with Crippen LogP contribution < -0.4 is 9.64 Å². The number of aromatic nitrogens is 4. The summed E-state index contributed by atoms with van der Waals surface area (Å²) in [5, 5.41) is 4.15. The lowest BCUT2D eigenvalue weighted by molar-refractivity contribution is -0.129. The maximum Gasteiger partial charge on any atom is 0.219 e. The Morgan fingerprint density at radius 3 is 2.59 bits per heavy atom. The van der Waals surface area contributed by atoms with Crippen molar-refractivity contribution in [3.8, 4) is 16.9 Å². The third-order valence-corrected chi connectivity index (χ3v) is 6.82. The van der Waals surface area contributed by atoms with Gasteiger partial charge in [0.15, 0.2) is 5.75 Å². The molecule has 0 N–H and O–H groups in total. The molecule has 1 aromatic carbocycles. The number of anilines is 1. The second kappa shape index (κ2) is 7.86. The molecule has 0 bridgehead atoms. The lowest BCUT2D eigenvalue weighted by Crippen LogP contribution is -2.49. The van der Waals surface area contributed by atoms with Crippen molar-refractivity contribution in [3.63, 3.8) is 0 Å². The molecular formula is C25H26N6O3. The van der Waals surface area contributed by atoms with E-state index in [1.807, 2.05) is 55.3 Å². The van der Waals surface area contributed by atoms with Crippen molar-refractivity contribution in [1.82, 2.24) is 24.6 Å². The van der Waals surface area contributed by atoms with Gasteiger partial charge in [-0.1, -0.05) is 11.2 Å². The van der Waals surface area contributed by atoms with E-state index in [-0.39, 0.29) is 11.9 Å². The summed E-state index contributed by atoms with van der Waals surface area (Å²) in [5.41, 5.74) is 5.49. The van der Waals surface area contributed by atoms with Crippen LogP contribution in [-0.2, 0) is 4.79 Å². The van der Waals surface area contributed by atoms with Gasteiger partial charge in [0.05, 0.1) is 22.5 Å². The Bertz CT molecular complexity index is 1370. The standard InChI is InChI=1S/C25H26N6O3/c1-15-22(16(2)34-28-15)18-7-8-20-23-24(18)33-14-21(19-6-4-5-9-26-19)31(23)25(27-20)30-12-10-29(11-13-30)17(3)32/h4-9,21H,10-14H2,1-3H3. The third kappa shape index (κ3) is 3.14. The maximum absolute atomic E-state index is 11.9. The quantitative estimate of drug-likeness (QED) is 0.465. The first-order valence-electron chi connectivity index (χ1n) is 11.6. The number of hydrogen-bond donors (Lipinski definition) is 0. The lowest BCUT2D eigenvalue weighted by Gasteiger charge is -2.36. The summed E-state index contributed by atoms with van der Waals surface area (Å²) in [6, 6.07) is 9.91. The Morgan fingerprint density at radius 1 is 1.09 bits per heavy atom. The number of ether oxygens (including phenoxy) is 1. The molecular weight excluding hydrogens is 432 g/mol. The van der Waals surface area contributed by atoms with E-state index in [9.17, 15) is 4.79 Å². The van der Waals surface area contributed by atoms with Crippen LogP contribution in [0.3, 0.4) is 0 Å². The van der Waals surface area contributed by atoms with Gasteiger partial charge in [0.1, 0.15) is 23.9 Å². The summed E-state index contributed by atoms with van der Waals surface area (Å²) in [4.78, 5) is 25.7. The fourth-order valence-electron chi connectivity index (χ4n) is 5.12. The van der Waals surface area contributed by atoms with Crippen molar-refractivity contribution in [3.05, 3.63) is 53.7 Å². The molecule has 2 aliphatic rings. The third-order valence-electron chi connectivity index (χ3n) is 6.82. The number of hydrogen-bond acceptors (Lipinski definition) is 7. The van der Waals surface area contributed by atoms with Gasteiger partial charge in [0.25, 0.3) is 0 Å². The number of imidazole rings is 1. The molecule has 1 unspecified atom stereocenters. The van der Waals surface area contributed by atoms with Gasteiger partial charge in [0, 0.05) is 44.9 Å². The average molecular weight is 459 g/mol. The Hall–Kier alpha value is -3.88. The van der Waals surface area contributed by atoms with Gasteiger partial charge in [-0.2, -0.15) is 0 Å². The summed E-state index contributed by atoms with van der Waals surface area (Å²) < 4.78 is 14.2. The Kier molecular flexibility index (Phi) is 4.79. The fourth-order valence-corrected chi connectivity index (χ4v) is 5.12. The molecule has 0 aliphatic carbocycles. The molecule has 6 rings (SSSR count). The van der Waals surface area contributed by atoms with E-state index >= 15 is 0 Å². The van der Waals surface area contributed by atoms with Gasteiger partial charge in [-0.3, -0.25) is 14.3 Å². The topological polar surface area (TPSA) is 89.5 Å². The highest BCUT2D eigenvalue weighted by atomic mass is 16.5. The van der Waals surface area contributed by atoms with E-state index in [4.69, 9.17) is 14.2 Å². The number of carbonyl (C=O) groups is 1. The molecule has 1 fully saturated rings. The SMILES string of the molecule is CC(=O)N1CCN(c2nc3ccc(-c4c(C)noc4C)c4c3n2C(c2ccccn2)CO4)CC1. The highest BCUT2D eigenvalue weighted by Gasteiger charge is 2.34. The summed E-state index contributed by atoms with van der Waals surface area (Å²) >= 11 is 0. The van der Waals surface area contributed by atoms with Crippen molar-refractivity contribution in [2.75, 3.05) is 37.7 Å². The largest absolute Gasteiger partial charge is 0.488 e. The number of aryl methyl sites for hydroxylation is 2. The number of nitrogens with zero attached hydrogens (tertiary/aromatic N) is 6. The second-order valence-electron chi connectivity index (χ2n) is 8.87. The van der Waals surface area contributed by atoms with Gasteiger partial charge in [-0.15, -0.1) is 0 Å². The summed E-state index contributed by atoms with van der Waals surface area (Å²) in [6.45, 7) is 8.75. The van der Waals surface area contributed by atoms with Gasteiger partial charge in [-0.05, 0) is 38.1 Å². The molecule has 174 valence electrons. The highest BCUT2D eigenvalue weighted by Crippen LogP contribution is 2.45. The number of amides is 1. The van der Waals surface area contributed by atoms with Gasteiger partial charge >= 0.3 is 0 Å². The lowest BCUT2D eigenvalue weighted by atomic mass is 10.0. The number of piperazine rings is 1. The average Bonchev–Trinajstić information content (AvgIpc) is 3.41. The molecule has 1 amide bonds. The van der Waals surface area contributed by atoms with Crippen LogP contribution in [0.4, 0.5) is 5.95 Å². The fraction of sp³-hybridized carbons (Fsp3) is 0.360. The van der Waals surface area contributed by atoms with Crippen molar-refractivity contribution in [2.24, 2.45) is 0 Å². The molecule has 9 nitrogen and oxygen atoms in total. The normalized spacial score (nSPS) is 17.8. The minimum Gasteiger partial charge on any atom is -0.488 e. The van der Waals surface area contributed by atoms with E-state index in [2.05, 4.69) is 19.6 Å². The van der Waals surface area contributed by atoms with Crippen LogP contribution >= 0.6 is 0 Å². The number of rotatable bonds is 3. The smallest absolute Gasteiger partial charge is 0.219 e. The van der Waals surface area contributed by atoms with E-state index < -0.39 is 0 Å². The minimum atomic E-state index is -0.112. The summed E-state index contributed by atoms with van der Waals surface area (Å²) in [5.74, 6) is 2.55. The monoisotopic (exact) mass is 458 g/mol. The molecule has 0 spiro atoms. The minimum absolute atomic E-state index is 0.112. The first kappa shape index (κ1) is 20.7. The molecule has 3 aromatic heterocycles. The first-order chi connectivity index (χ1) is 16.5. The van der Waals surface area contributed by atoms with Gasteiger partial charge in [-0.25, -0.2) is 4.98 Å². The van der Waals surface area contributed by atoms with Crippen LogP contribution in [-0.4, -0.2) is 63.3 Å². The zero-order valence-electron chi connectivity index (χ0n) is 19.5. The predicted octanol–water partition coefficient (Wildman–Crippen LogP) is 3.35. The molecule has 2 aliphatic heterocycles. The second-order valence-corrected chi connectivity index (χ2v) is 8.87. The number of benzene rings is 1. The molecule has 5 heterocycles. The van der Waals surface area contributed by atoms with E-state index in [1.54, 1.807) is 6.92 Å². The van der Waals surface area contributed by atoms with E-state index in [1.165, 1.54) is 0 Å². The Morgan fingerprint density at radius 2 is 1.91 bits per heavy atom. The van der Waals surface area contributed by atoms with Crippen LogP contribution in [0.25, 0.3) is 22.2 Å². The number of carbonyl (C=O) groups excluding carboxylic acids is 1. The molecule has 0 radical (unpaired) electrons. The van der Waals surface area contributed by atoms with Crippen molar-refractivity contribution in [2.45, 2.75) is 26.8 Å². The summed E-state index contributed by atoms with van der Waals surface area (Å²) in [7, 11) is 0. The Labute approximate surface area is 196 Å². The van der Waals surface area contributed by atoms with E-state index in [0.29, 0.717) is 19.7 Å². The molecule has 4 aromatic rings. The Balaban J connectivity index is 1.54. The summed E-state index contributed by atoms with van der Waals surface area (Å²) in [6.07, 6.45) is 1.81. The number of pyridine rings is 1. The van der Waals surface area contributed by atoms with Crippen molar-refractivity contribution < 1.29 is 14.1 Å². The zero-order chi connectivity index (χ0) is 23.4. The molecule has 1 saturated heterocycles. The van der Waals surface area contributed by atoms with Gasteiger partial charge in [0.2, 0.25) is 11.9 Å². The molecule has 1 atom stereocenters. The van der Waals surface area contributed by atoms with Crippen LogP contribution in [0.15, 0.2) is 41.1 Å². The van der Waals surface area contributed by atoms with Crippen molar-refractivity contribution >= 4 is 22.9 Å². The predicted molar refractivity (Wildman–Crippen MR) is 127 cm³/mol. The van der Waals surface area contributed by atoms with Crippen molar-refractivity contribution in [1.29, 1.82) is 0 Å². The highest BCUT2D eigenvalue weighted by molar-refractivity contribution is 5.94. The van der Waals surface area contributed by atoms with Crippen LogP contribution in [0.1, 0.15) is 30.1 Å². The van der Waals surface area contributed by atoms with E-state index in [0.717, 1.165) is 64.1 Å². The molecule has 34 heavy (non-hydrogen) atoms. The van der Waals surface area contributed by atoms with Crippen LogP contribution in [0.2, 0.25) is 0 Å². The first-order valence-corrected chi connectivity index (χ1v) is 11.6. The zero-order valence-corrected chi connectivity index (χ0v) is 19.5. The molecule has 0 saturated carbocycles. The van der Waals surface area contributed by atoms with Crippen LogP contribution in [0, 0.1) is 13.8 Å². The maximum atomic E-state index is 11.9. The van der Waals surface area contributed by atoms with Gasteiger partial charge < -0.3 is 19.1 Å². The van der Waals surface area contributed by atoms with Crippen LogP contribution in [0.5, 0.6) is 5.75 Å². The molecule has 9 heteroatoms.